The number of allylic oxidation sites excluding steroid dienone is 1. The topological polar surface area (TPSA) is 156 Å². The van der Waals surface area contributed by atoms with Gasteiger partial charge in [0.1, 0.15) is 5.75 Å². The average molecular weight is 530 g/mol. The standard InChI is InChI=1S/C29H39NO8/c1-2-18(13-19-7-6-8-21(33)14-19)10-11-24(34)26-20(16-31)15-22-27(23(26)17-32)29(38)30(28(22)37)12-5-3-4-9-25(35)36/h6-8,13-14,22-24,27,31-34H,2-5,9-12,15-17H2,1H3,(H,35,36)/b18-13+/t22-,23+,24-,27-/m1/s1. The van der Waals surface area contributed by atoms with Gasteiger partial charge in [0.2, 0.25) is 11.8 Å². The first-order chi connectivity index (χ1) is 18.2. The Morgan fingerprint density at radius 1 is 1.13 bits per heavy atom. The molecule has 9 nitrogen and oxygen atoms in total. The quantitative estimate of drug-likeness (QED) is 0.140. The summed E-state index contributed by atoms with van der Waals surface area (Å²) in [6.45, 7) is 1.39. The van der Waals surface area contributed by atoms with Crippen molar-refractivity contribution in [3.05, 3.63) is 46.5 Å². The number of carbonyl (C=O) groups excluding carboxylic acids is 2. The molecule has 9 heteroatoms. The van der Waals surface area contributed by atoms with E-state index in [4.69, 9.17) is 5.11 Å². The van der Waals surface area contributed by atoms with Crippen molar-refractivity contribution < 1.29 is 39.9 Å². The second-order valence-electron chi connectivity index (χ2n) is 10.2. The van der Waals surface area contributed by atoms with Crippen LogP contribution in [0.25, 0.3) is 6.08 Å². The van der Waals surface area contributed by atoms with Crippen LogP contribution in [0.2, 0.25) is 0 Å². The average Bonchev–Trinajstić information content (AvgIpc) is 3.13. The highest BCUT2D eigenvalue weighted by molar-refractivity contribution is 6.05. The summed E-state index contributed by atoms with van der Waals surface area (Å²) in [6.07, 6.45) is 4.27. The van der Waals surface area contributed by atoms with Gasteiger partial charge in [-0.2, -0.15) is 0 Å². The number of carbonyl (C=O) groups is 3. The molecule has 1 fully saturated rings. The molecule has 3 rings (SSSR count). The van der Waals surface area contributed by atoms with E-state index in [-0.39, 0.29) is 43.6 Å². The van der Waals surface area contributed by atoms with E-state index in [0.29, 0.717) is 43.3 Å². The van der Waals surface area contributed by atoms with Gasteiger partial charge in [0.25, 0.3) is 0 Å². The number of hydrogen-bond acceptors (Lipinski definition) is 7. The van der Waals surface area contributed by atoms with E-state index in [2.05, 4.69) is 0 Å². The predicted octanol–water partition coefficient (Wildman–Crippen LogP) is 2.87. The number of likely N-dealkylation sites (tertiary alicyclic amines) is 1. The van der Waals surface area contributed by atoms with Gasteiger partial charge < -0.3 is 25.5 Å². The van der Waals surface area contributed by atoms with Crippen molar-refractivity contribution in [3.8, 4) is 5.75 Å². The zero-order chi connectivity index (χ0) is 27.8. The number of unbranched alkanes of at least 4 members (excludes halogenated alkanes) is 2. The number of carboxylic acid groups (broad SMARTS) is 1. The smallest absolute Gasteiger partial charge is 0.303 e. The Morgan fingerprint density at radius 3 is 2.53 bits per heavy atom. The van der Waals surface area contributed by atoms with Crippen LogP contribution in [-0.2, 0) is 14.4 Å². The van der Waals surface area contributed by atoms with Crippen LogP contribution in [0.3, 0.4) is 0 Å². The number of nitrogens with zero attached hydrogens (tertiary/aromatic N) is 1. The third-order valence-electron chi connectivity index (χ3n) is 7.73. The number of phenolic OH excluding ortho intramolecular Hbond substituents is 1. The van der Waals surface area contributed by atoms with Crippen LogP contribution < -0.4 is 0 Å². The molecule has 1 saturated heterocycles. The zero-order valence-electron chi connectivity index (χ0n) is 21.9. The highest BCUT2D eigenvalue weighted by Crippen LogP contribution is 2.46. The van der Waals surface area contributed by atoms with Crippen molar-refractivity contribution in [1.82, 2.24) is 4.90 Å². The largest absolute Gasteiger partial charge is 0.508 e. The summed E-state index contributed by atoms with van der Waals surface area (Å²) < 4.78 is 0. The van der Waals surface area contributed by atoms with Crippen LogP contribution in [0.4, 0.5) is 0 Å². The minimum atomic E-state index is -0.998. The van der Waals surface area contributed by atoms with Gasteiger partial charge in [0, 0.05) is 18.9 Å². The van der Waals surface area contributed by atoms with E-state index >= 15 is 0 Å². The first kappa shape index (κ1) is 29.5. The van der Waals surface area contributed by atoms with Crippen LogP contribution in [0, 0.1) is 17.8 Å². The van der Waals surface area contributed by atoms with Crippen LogP contribution >= 0.6 is 0 Å². The summed E-state index contributed by atoms with van der Waals surface area (Å²) >= 11 is 0. The molecule has 1 aromatic carbocycles. The normalized spacial score (nSPS) is 22.7. The van der Waals surface area contributed by atoms with Crippen molar-refractivity contribution in [1.29, 1.82) is 0 Å². The highest BCUT2D eigenvalue weighted by atomic mass is 16.4. The maximum absolute atomic E-state index is 13.3. The number of carboxylic acids is 1. The van der Waals surface area contributed by atoms with E-state index < -0.39 is 36.4 Å². The number of hydrogen-bond donors (Lipinski definition) is 5. The number of aliphatic carboxylic acids is 1. The van der Waals surface area contributed by atoms with E-state index in [1.807, 2.05) is 19.1 Å². The van der Waals surface area contributed by atoms with Crippen molar-refractivity contribution in [2.75, 3.05) is 19.8 Å². The van der Waals surface area contributed by atoms with Crippen LogP contribution in [0.15, 0.2) is 41.0 Å². The van der Waals surface area contributed by atoms with E-state index in [1.54, 1.807) is 18.2 Å². The summed E-state index contributed by atoms with van der Waals surface area (Å²) in [4.78, 5) is 38.3. The Morgan fingerprint density at radius 2 is 1.89 bits per heavy atom. The molecule has 5 N–H and O–H groups in total. The molecule has 0 bridgehead atoms. The Hall–Kier alpha value is -3.01. The molecule has 0 saturated carbocycles. The number of aliphatic hydroxyl groups is 3. The Labute approximate surface area is 223 Å². The fraction of sp³-hybridized carbons (Fsp3) is 0.552. The number of phenols is 1. The molecule has 2 amide bonds. The van der Waals surface area contributed by atoms with Crippen LogP contribution in [-0.4, -0.2) is 74.1 Å². The second kappa shape index (κ2) is 13.7. The van der Waals surface area contributed by atoms with Crippen LogP contribution in [0.5, 0.6) is 5.75 Å². The monoisotopic (exact) mass is 529 g/mol. The van der Waals surface area contributed by atoms with Gasteiger partial charge in [0.05, 0.1) is 31.2 Å². The van der Waals surface area contributed by atoms with Gasteiger partial charge >= 0.3 is 5.97 Å². The van der Waals surface area contributed by atoms with Gasteiger partial charge in [-0.3, -0.25) is 19.3 Å². The number of amides is 2. The SMILES string of the molecule is CC/C(=C\c1cccc(O)c1)CC[C@@H](O)C1=C(CO)C[C@H]2C(=O)N(CCCCCC(=O)O)C(=O)[C@H]2[C@H]1CO. The molecule has 0 radical (unpaired) electrons. The minimum absolute atomic E-state index is 0.0352. The van der Waals surface area contributed by atoms with Gasteiger partial charge in [-0.1, -0.05) is 37.1 Å². The molecule has 1 aromatic rings. The van der Waals surface area contributed by atoms with E-state index in [9.17, 15) is 34.8 Å². The molecule has 208 valence electrons. The molecular formula is C29H39NO8. The molecule has 1 heterocycles. The van der Waals surface area contributed by atoms with Crippen LogP contribution in [0.1, 0.15) is 63.9 Å². The molecule has 0 aromatic heterocycles. The Kier molecular flexibility index (Phi) is 10.6. The lowest BCUT2D eigenvalue weighted by molar-refractivity contribution is -0.141. The van der Waals surface area contributed by atoms with Crippen molar-refractivity contribution in [2.24, 2.45) is 17.8 Å². The second-order valence-corrected chi connectivity index (χ2v) is 10.2. The fourth-order valence-corrected chi connectivity index (χ4v) is 5.79. The van der Waals surface area contributed by atoms with Gasteiger partial charge in [-0.25, -0.2) is 0 Å². The highest BCUT2D eigenvalue weighted by Gasteiger charge is 2.54. The summed E-state index contributed by atoms with van der Waals surface area (Å²) in [5.41, 5.74) is 2.85. The molecule has 1 aliphatic carbocycles. The number of rotatable bonds is 14. The van der Waals surface area contributed by atoms with Crippen molar-refractivity contribution in [2.45, 2.75) is 64.4 Å². The molecule has 0 spiro atoms. The lowest BCUT2D eigenvalue weighted by atomic mass is 9.68. The van der Waals surface area contributed by atoms with Gasteiger partial charge in [0.15, 0.2) is 0 Å². The maximum atomic E-state index is 13.3. The number of fused-ring (bicyclic) bond motifs is 1. The lowest BCUT2D eigenvalue weighted by Crippen LogP contribution is -2.39. The maximum Gasteiger partial charge on any atom is 0.303 e. The predicted molar refractivity (Wildman–Crippen MR) is 141 cm³/mol. The van der Waals surface area contributed by atoms with Gasteiger partial charge in [-0.15, -0.1) is 0 Å². The third-order valence-corrected chi connectivity index (χ3v) is 7.73. The summed E-state index contributed by atoms with van der Waals surface area (Å²) in [5, 5.41) is 50.1. The molecule has 4 atom stereocenters. The third kappa shape index (κ3) is 6.89. The van der Waals surface area contributed by atoms with E-state index in [0.717, 1.165) is 17.6 Å². The molecule has 0 unspecified atom stereocenters. The molecule has 1 aliphatic heterocycles. The first-order valence-electron chi connectivity index (χ1n) is 13.4. The van der Waals surface area contributed by atoms with Crippen molar-refractivity contribution >= 4 is 23.9 Å². The Bertz CT molecular complexity index is 1080. The van der Waals surface area contributed by atoms with Gasteiger partial charge in [-0.05, 0) is 67.4 Å². The number of benzene rings is 1. The summed E-state index contributed by atoms with van der Waals surface area (Å²) in [7, 11) is 0. The lowest BCUT2D eigenvalue weighted by Gasteiger charge is -2.36. The Balaban J connectivity index is 1.73. The zero-order valence-corrected chi connectivity index (χ0v) is 21.9. The minimum Gasteiger partial charge on any atom is -0.508 e. The molecular weight excluding hydrogens is 490 g/mol. The number of imide groups is 1. The fourth-order valence-electron chi connectivity index (χ4n) is 5.79. The van der Waals surface area contributed by atoms with E-state index in [1.165, 1.54) is 4.90 Å². The first-order valence-corrected chi connectivity index (χ1v) is 13.4. The van der Waals surface area contributed by atoms with Crippen molar-refractivity contribution in [3.63, 3.8) is 0 Å². The molecule has 2 aliphatic rings. The number of aromatic hydroxyl groups is 1. The summed E-state index contributed by atoms with van der Waals surface area (Å²) in [6, 6.07) is 6.88. The number of aliphatic hydroxyl groups excluding tert-OH is 3. The molecule has 38 heavy (non-hydrogen) atoms. The summed E-state index contributed by atoms with van der Waals surface area (Å²) in [5.74, 6) is -3.67.